The monoisotopic (exact) mass is 332 g/mol. The van der Waals surface area contributed by atoms with E-state index >= 15 is 0 Å². The molecule has 0 atom stereocenters. The Morgan fingerprint density at radius 3 is 2.55 bits per heavy atom. The Labute approximate surface area is 138 Å². The fraction of sp³-hybridized carbons (Fsp3) is 0. The largest absolute Gasteiger partial charge is 0.506 e. The summed E-state index contributed by atoms with van der Waals surface area (Å²) in [6.45, 7) is 0. The predicted octanol–water partition coefficient (Wildman–Crippen LogP) is 3.57. The summed E-state index contributed by atoms with van der Waals surface area (Å²) in [5.74, 6) is -0.349. The van der Waals surface area contributed by atoms with Gasteiger partial charge in [-0.25, -0.2) is 0 Å². The van der Waals surface area contributed by atoms with Gasteiger partial charge < -0.3 is 10.4 Å². The number of rotatable bonds is 3. The summed E-state index contributed by atoms with van der Waals surface area (Å²) >= 11 is 11.0. The molecule has 6 heteroatoms. The molecule has 22 heavy (non-hydrogen) atoms. The first kappa shape index (κ1) is 16.0. The Balaban J connectivity index is 1.93. The Kier molecular flexibility index (Phi) is 5.52. The molecule has 0 saturated carbocycles. The van der Waals surface area contributed by atoms with E-state index in [2.05, 4.69) is 10.6 Å². The maximum absolute atomic E-state index is 11.8. The SMILES string of the molecule is O=C(/C=C/c1ccccc1Cl)NC(=S)Nc1ccccc1O. The second-order valence-electron chi connectivity index (χ2n) is 4.32. The molecule has 0 spiro atoms. The normalized spacial score (nSPS) is 10.4. The highest BCUT2D eigenvalue weighted by Gasteiger charge is 2.04. The first-order chi connectivity index (χ1) is 10.6. The van der Waals surface area contributed by atoms with Gasteiger partial charge in [0.25, 0.3) is 0 Å². The van der Waals surface area contributed by atoms with Crippen molar-refractivity contribution >= 4 is 46.6 Å². The first-order valence-corrected chi connectivity index (χ1v) is 7.17. The molecule has 0 saturated heterocycles. The van der Waals surface area contributed by atoms with E-state index in [0.717, 1.165) is 5.56 Å². The van der Waals surface area contributed by atoms with E-state index < -0.39 is 5.91 Å². The summed E-state index contributed by atoms with van der Waals surface area (Å²) in [4.78, 5) is 11.8. The van der Waals surface area contributed by atoms with Crippen LogP contribution < -0.4 is 10.6 Å². The summed E-state index contributed by atoms with van der Waals surface area (Å²) in [7, 11) is 0. The average molecular weight is 333 g/mol. The number of phenols is 1. The zero-order chi connectivity index (χ0) is 15.9. The smallest absolute Gasteiger partial charge is 0.250 e. The summed E-state index contributed by atoms with van der Waals surface area (Å²) in [6, 6.07) is 13.8. The van der Waals surface area contributed by atoms with Gasteiger partial charge in [-0.05, 0) is 42.1 Å². The molecule has 3 N–H and O–H groups in total. The van der Waals surface area contributed by atoms with Gasteiger partial charge in [0.05, 0.1) is 5.69 Å². The summed E-state index contributed by atoms with van der Waals surface area (Å²) in [6.07, 6.45) is 2.93. The second kappa shape index (κ2) is 7.59. The lowest BCUT2D eigenvalue weighted by Crippen LogP contribution is -2.32. The lowest BCUT2D eigenvalue weighted by atomic mass is 10.2. The number of carbonyl (C=O) groups excluding carboxylic acids is 1. The maximum Gasteiger partial charge on any atom is 0.250 e. The van der Waals surface area contributed by atoms with Crippen molar-refractivity contribution in [3.63, 3.8) is 0 Å². The third-order valence-corrected chi connectivity index (χ3v) is 3.26. The van der Waals surface area contributed by atoms with Gasteiger partial charge in [-0.15, -0.1) is 0 Å². The van der Waals surface area contributed by atoms with Crippen LogP contribution in [0.25, 0.3) is 6.08 Å². The van der Waals surface area contributed by atoms with Gasteiger partial charge in [0.2, 0.25) is 5.91 Å². The summed E-state index contributed by atoms with van der Waals surface area (Å²) in [5.41, 5.74) is 1.15. The van der Waals surface area contributed by atoms with Crippen LogP contribution in [0.3, 0.4) is 0 Å². The highest BCUT2D eigenvalue weighted by atomic mass is 35.5. The van der Waals surface area contributed by atoms with Gasteiger partial charge in [0, 0.05) is 11.1 Å². The minimum atomic E-state index is -0.396. The molecule has 4 nitrogen and oxygen atoms in total. The molecule has 2 rings (SSSR count). The highest BCUT2D eigenvalue weighted by molar-refractivity contribution is 7.80. The second-order valence-corrected chi connectivity index (χ2v) is 5.13. The lowest BCUT2D eigenvalue weighted by molar-refractivity contribution is -0.115. The Hall–Kier alpha value is -2.37. The third-order valence-electron chi connectivity index (χ3n) is 2.71. The van der Waals surface area contributed by atoms with Gasteiger partial charge >= 0.3 is 0 Å². The highest BCUT2D eigenvalue weighted by Crippen LogP contribution is 2.21. The van der Waals surface area contributed by atoms with Crippen molar-refractivity contribution in [2.75, 3.05) is 5.32 Å². The van der Waals surface area contributed by atoms with Crippen LogP contribution >= 0.6 is 23.8 Å². The van der Waals surface area contributed by atoms with Crippen LogP contribution in [0.2, 0.25) is 5.02 Å². The van der Waals surface area contributed by atoms with Crippen LogP contribution in [-0.4, -0.2) is 16.1 Å². The molecule has 0 unspecified atom stereocenters. The zero-order valence-electron chi connectivity index (χ0n) is 11.4. The molecule has 0 fully saturated rings. The Morgan fingerprint density at radius 2 is 1.82 bits per heavy atom. The number of thiocarbonyl (C=S) groups is 1. The quantitative estimate of drug-likeness (QED) is 0.457. The van der Waals surface area contributed by atoms with Crippen molar-refractivity contribution in [2.24, 2.45) is 0 Å². The van der Waals surface area contributed by atoms with Crippen molar-refractivity contribution in [3.8, 4) is 5.75 Å². The molecule has 1 amide bonds. The van der Waals surface area contributed by atoms with E-state index in [-0.39, 0.29) is 10.9 Å². The fourth-order valence-electron chi connectivity index (χ4n) is 1.66. The third kappa shape index (κ3) is 4.58. The van der Waals surface area contributed by atoms with Gasteiger partial charge in [-0.2, -0.15) is 0 Å². The van der Waals surface area contributed by atoms with Gasteiger partial charge in [0.1, 0.15) is 5.75 Å². The van der Waals surface area contributed by atoms with E-state index in [1.807, 2.05) is 12.1 Å². The number of benzene rings is 2. The number of halogens is 1. The number of hydrogen-bond donors (Lipinski definition) is 3. The van der Waals surface area contributed by atoms with Crippen molar-refractivity contribution in [1.29, 1.82) is 0 Å². The van der Waals surface area contributed by atoms with Crippen LogP contribution in [0.1, 0.15) is 5.56 Å². The predicted molar refractivity (Wildman–Crippen MR) is 93.0 cm³/mol. The molecule has 0 aliphatic carbocycles. The molecule has 0 aromatic heterocycles. The standard InChI is InChI=1S/C16H13ClN2O2S/c17-12-6-2-1-5-11(12)9-10-15(21)19-16(22)18-13-7-3-4-8-14(13)20/h1-10,20H,(H2,18,19,21,22)/b10-9+. The van der Waals surface area contributed by atoms with E-state index in [4.69, 9.17) is 23.8 Å². The molecule has 0 bridgehead atoms. The number of para-hydroxylation sites is 2. The Bertz CT molecular complexity index is 732. The number of phenolic OH excluding ortho intramolecular Hbond substituents is 1. The molecule has 0 aliphatic heterocycles. The van der Waals surface area contributed by atoms with Crippen LogP contribution in [0.5, 0.6) is 5.75 Å². The van der Waals surface area contributed by atoms with Crippen LogP contribution in [0.4, 0.5) is 5.69 Å². The fourth-order valence-corrected chi connectivity index (χ4v) is 2.07. The van der Waals surface area contributed by atoms with Crippen molar-refractivity contribution in [1.82, 2.24) is 5.32 Å². The minimum absolute atomic E-state index is 0.0470. The van der Waals surface area contributed by atoms with E-state index in [1.165, 1.54) is 12.1 Å². The molecule has 2 aromatic carbocycles. The number of nitrogens with one attached hydrogen (secondary N) is 2. The van der Waals surface area contributed by atoms with Crippen molar-refractivity contribution in [3.05, 3.63) is 65.2 Å². The number of anilines is 1. The van der Waals surface area contributed by atoms with Gasteiger partial charge in [-0.3, -0.25) is 10.1 Å². The number of amides is 1. The lowest BCUT2D eigenvalue weighted by Gasteiger charge is -2.09. The van der Waals surface area contributed by atoms with Crippen LogP contribution in [-0.2, 0) is 4.79 Å². The van der Waals surface area contributed by atoms with Gasteiger partial charge in [-0.1, -0.05) is 41.9 Å². The van der Waals surface area contributed by atoms with E-state index in [0.29, 0.717) is 10.7 Å². The number of hydrogen-bond acceptors (Lipinski definition) is 3. The molecular formula is C16H13ClN2O2S. The van der Waals surface area contributed by atoms with Crippen molar-refractivity contribution < 1.29 is 9.90 Å². The van der Waals surface area contributed by atoms with Gasteiger partial charge in [0.15, 0.2) is 5.11 Å². The average Bonchev–Trinajstić information content (AvgIpc) is 2.49. The first-order valence-electron chi connectivity index (χ1n) is 6.39. The molecular weight excluding hydrogens is 320 g/mol. The molecule has 112 valence electrons. The number of aromatic hydroxyl groups is 1. The summed E-state index contributed by atoms with van der Waals surface area (Å²) in [5, 5.41) is 15.5. The minimum Gasteiger partial charge on any atom is -0.506 e. The zero-order valence-corrected chi connectivity index (χ0v) is 13.0. The van der Waals surface area contributed by atoms with Crippen LogP contribution in [0, 0.1) is 0 Å². The number of carbonyl (C=O) groups is 1. The van der Waals surface area contributed by atoms with E-state index in [9.17, 15) is 9.90 Å². The van der Waals surface area contributed by atoms with Crippen LogP contribution in [0.15, 0.2) is 54.6 Å². The van der Waals surface area contributed by atoms with E-state index in [1.54, 1.807) is 36.4 Å². The molecule has 0 aliphatic rings. The topological polar surface area (TPSA) is 61.4 Å². The molecule has 0 radical (unpaired) electrons. The Morgan fingerprint density at radius 1 is 1.14 bits per heavy atom. The maximum atomic E-state index is 11.8. The van der Waals surface area contributed by atoms with Crippen molar-refractivity contribution in [2.45, 2.75) is 0 Å². The molecule has 2 aromatic rings. The summed E-state index contributed by atoms with van der Waals surface area (Å²) < 4.78 is 0. The molecule has 0 heterocycles.